The molecule has 1 aliphatic rings. The zero-order valence-electron chi connectivity index (χ0n) is 11.6. The largest absolute Gasteiger partial charge is 0.392 e. The summed E-state index contributed by atoms with van der Waals surface area (Å²) in [4.78, 5) is 7.29. The van der Waals surface area contributed by atoms with Crippen LogP contribution in [0.4, 0.5) is 0 Å². The van der Waals surface area contributed by atoms with E-state index in [0.717, 1.165) is 18.8 Å². The fraction of sp³-hybridized carbons (Fsp3) is 0.692. The Kier molecular flexibility index (Phi) is 5.82. The number of β-amino-alcohol motifs (C(OH)–C–C–N with tert-alkyl or cyclic N) is 1. The average molecular weight is 302 g/mol. The van der Waals surface area contributed by atoms with Crippen LogP contribution in [0.2, 0.25) is 0 Å². The molecule has 0 aromatic carbocycles. The maximum absolute atomic E-state index is 9.87. The first-order chi connectivity index (χ1) is 9.65. The first kappa shape index (κ1) is 15.3. The molecule has 1 N–H and O–H groups in total. The maximum atomic E-state index is 9.87. The fourth-order valence-electron chi connectivity index (χ4n) is 2.18. The van der Waals surface area contributed by atoms with E-state index in [2.05, 4.69) is 15.2 Å². The Bertz CT molecular complexity index is 444. The predicted octanol–water partition coefficient (Wildman–Crippen LogP) is 1.75. The lowest BCUT2D eigenvalue weighted by Crippen LogP contribution is -2.38. The molecule has 2 heterocycles. The lowest BCUT2D eigenvalue weighted by atomic mass is 10.1. The minimum absolute atomic E-state index is 0.0933. The van der Waals surface area contributed by atoms with Gasteiger partial charge >= 0.3 is 0 Å². The number of hydrogen-bond donors (Lipinski definition) is 1. The molecular formula is C13H20ClN3O3. The smallest absolute Gasteiger partial charge is 0.213 e. The number of likely N-dealkylation sites (tertiary alicyclic amines) is 1. The number of rotatable bonds is 6. The van der Waals surface area contributed by atoms with Gasteiger partial charge in [0.25, 0.3) is 0 Å². The van der Waals surface area contributed by atoms with Crippen LogP contribution in [-0.2, 0) is 4.84 Å². The Balaban J connectivity index is 1.71. The van der Waals surface area contributed by atoms with Gasteiger partial charge in [0, 0.05) is 12.6 Å². The van der Waals surface area contributed by atoms with Crippen molar-refractivity contribution in [1.29, 1.82) is 0 Å². The van der Waals surface area contributed by atoms with Crippen LogP contribution in [0.5, 0.6) is 0 Å². The third kappa shape index (κ3) is 4.77. The summed E-state index contributed by atoms with van der Waals surface area (Å²) in [6, 6.07) is 1.67. The molecule has 0 spiro atoms. The molecule has 6 nitrogen and oxygen atoms in total. The van der Waals surface area contributed by atoms with Crippen LogP contribution in [0.3, 0.4) is 0 Å². The van der Waals surface area contributed by atoms with Gasteiger partial charge in [0.1, 0.15) is 12.7 Å². The Hall–Kier alpha value is -1.11. The molecule has 0 radical (unpaired) electrons. The third-order valence-corrected chi connectivity index (χ3v) is 3.42. The molecule has 1 aliphatic heterocycles. The molecule has 1 saturated heterocycles. The van der Waals surface area contributed by atoms with Gasteiger partial charge in [-0.25, -0.2) is 0 Å². The van der Waals surface area contributed by atoms with Crippen molar-refractivity contribution in [2.75, 3.05) is 26.2 Å². The van der Waals surface area contributed by atoms with E-state index in [4.69, 9.17) is 21.0 Å². The zero-order valence-corrected chi connectivity index (χ0v) is 12.3. The maximum Gasteiger partial charge on any atom is 0.213 e. The summed E-state index contributed by atoms with van der Waals surface area (Å²) in [6.07, 6.45) is 3.10. The van der Waals surface area contributed by atoms with Crippen LogP contribution in [0.15, 0.2) is 15.7 Å². The second kappa shape index (κ2) is 7.61. The number of halogens is 1. The molecule has 112 valence electrons. The number of aromatic nitrogens is 1. The summed E-state index contributed by atoms with van der Waals surface area (Å²) in [7, 11) is 0. The highest BCUT2D eigenvalue weighted by molar-refractivity contribution is 6.69. The third-order valence-electron chi connectivity index (χ3n) is 3.16. The average Bonchev–Trinajstić information content (AvgIpc) is 2.86. The van der Waals surface area contributed by atoms with Crippen LogP contribution in [0, 0.1) is 6.92 Å². The highest BCUT2D eigenvalue weighted by Crippen LogP contribution is 2.10. The number of hydrogen-bond acceptors (Lipinski definition) is 6. The van der Waals surface area contributed by atoms with E-state index in [1.54, 1.807) is 13.0 Å². The van der Waals surface area contributed by atoms with Gasteiger partial charge in [0.05, 0.1) is 5.69 Å². The minimum Gasteiger partial charge on any atom is -0.392 e. The summed E-state index contributed by atoms with van der Waals surface area (Å²) in [5.41, 5.74) is 0.721. The standard InChI is InChI=1S/C13H20ClN3O3/c1-10-7-12(20-15-10)13(14)16-19-9-11(18)8-17-5-3-2-4-6-17/h7,11,18H,2-6,8-9H2,1H3/b16-13-. The molecule has 1 atom stereocenters. The van der Waals surface area contributed by atoms with Gasteiger partial charge in [-0.05, 0) is 32.9 Å². The van der Waals surface area contributed by atoms with Crippen LogP contribution in [0.25, 0.3) is 0 Å². The number of aryl methyl sites for hydroxylation is 1. The van der Waals surface area contributed by atoms with Crippen molar-refractivity contribution in [3.8, 4) is 0 Å². The molecule has 2 rings (SSSR count). The van der Waals surface area contributed by atoms with Gasteiger partial charge in [0.15, 0.2) is 0 Å². The molecule has 1 aromatic rings. The van der Waals surface area contributed by atoms with Gasteiger partial charge in [-0.15, -0.1) is 0 Å². The van der Waals surface area contributed by atoms with Crippen molar-refractivity contribution in [3.63, 3.8) is 0 Å². The topological polar surface area (TPSA) is 71.1 Å². The van der Waals surface area contributed by atoms with E-state index in [1.165, 1.54) is 19.3 Å². The van der Waals surface area contributed by atoms with Crippen molar-refractivity contribution in [1.82, 2.24) is 10.1 Å². The van der Waals surface area contributed by atoms with Crippen molar-refractivity contribution < 1.29 is 14.5 Å². The summed E-state index contributed by atoms with van der Waals surface area (Å²) in [6.45, 7) is 4.59. The molecule has 0 amide bonds. The SMILES string of the molecule is Cc1cc(/C(Cl)=N/OCC(O)CN2CCCCC2)on1. The van der Waals surface area contributed by atoms with Gasteiger partial charge in [-0.1, -0.05) is 28.3 Å². The molecule has 0 saturated carbocycles. The molecular weight excluding hydrogens is 282 g/mol. The highest BCUT2D eigenvalue weighted by Gasteiger charge is 2.15. The summed E-state index contributed by atoms with van der Waals surface area (Å²) in [5, 5.41) is 17.4. The van der Waals surface area contributed by atoms with E-state index in [9.17, 15) is 5.11 Å². The second-order valence-electron chi connectivity index (χ2n) is 5.03. The van der Waals surface area contributed by atoms with Crippen LogP contribution >= 0.6 is 11.6 Å². The lowest BCUT2D eigenvalue weighted by molar-refractivity contribution is 0.0160. The molecule has 7 heteroatoms. The van der Waals surface area contributed by atoms with E-state index in [0.29, 0.717) is 12.3 Å². The number of nitrogens with zero attached hydrogens (tertiary/aromatic N) is 3. The van der Waals surface area contributed by atoms with Gasteiger partial charge in [-0.2, -0.15) is 0 Å². The summed E-state index contributed by atoms with van der Waals surface area (Å²) in [5.74, 6) is 0.356. The molecule has 1 unspecified atom stereocenters. The number of piperidine rings is 1. The van der Waals surface area contributed by atoms with Crippen LogP contribution in [0.1, 0.15) is 30.7 Å². The predicted molar refractivity (Wildman–Crippen MR) is 75.9 cm³/mol. The molecule has 1 fully saturated rings. The molecule has 0 bridgehead atoms. The van der Waals surface area contributed by atoms with E-state index >= 15 is 0 Å². The van der Waals surface area contributed by atoms with Crippen molar-refractivity contribution in [3.05, 3.63) is 17.5 Å². The van der Waals surface area contributed by atoms with E-state index in [1.807, 2.05) is 0 Å². The van der Waals surface area contributed by atoms with E-state index in [-0.39, 0.29) is 11.8 Å². The summed E-state index contributed by atoms with van der Waals surface area (Å²) < 4.78 is 4.94. The second-order valence-corrected chi connectivity index (χ2v) is 5.38. The monoisotopic (exact) mass is 301 g/mol. The molecule has 20 heavy (non-hydrogen) atoms. The Morgan fingerprint density at radius 1 is 1.55 bits per heavy atom. The molecule has 0 aliphatic carbocycles. The Morgan fingerprint density at radius 2 is 2.30 bits per heavy atom. The normalized spacial score (nSPS) is 19.1. The van der Waals surface area contributed by atoms with E-state index < -0.39 is 6.10 Å². The van der Waals surface area contributed by atoms with Crippen molar-refractivity contribution >= 4 is 16.8 Å². The first-order valence-electron chi connectivity index (χ1n) is 6.84. The molecule has 1 aromatic heterocycles. The van der Waals surface area contributed by atoms with Crippen molar-refractivity contribution in [2.24, 2.45) is 5.16 Å². The van der Waals surface area contributed by atoms with Gasteiger partial charge < -0.3 is 19.4 Å². The number of aliphatic hydroxyl groups excluding tert-OH is 1. The Morgan fingerprint density at radius 3 is 2.95 bits per heavy atom. The van der Waals surface area contributed by atoms with Crippen molar-refractivity contribution in [2.45, 2.75) is 32.3 Å². The van der Waals surface area contributed by atoms with Crippen LogP contribution in [-0.4, -0.2) is 52.7 Å². The van der Waals surface area contributed by atoms with Gasteiger partial charge in [0.2, 0.25) is 10.9 Å². The highest BCUT2D eigenvalue weighted by atomic mass is 35.5. The number of oxime groups is 1. The fourth-order valence-corrected chi connectivity index (χ4v) is 2.32. The van der Waals surface area contributed by atoms with Crippen LogP contribution < -0.4 is 0 Å². The number of aliphatic hydroxyl groups is 1. The lowest BCUT2D eigenvalue weighted by Gasteiger charge is -2.27. The first-order valence-corrected chi connectivity index (χ1v) is 7.22. The zero-order chi connectivity index (χ0) is 14.4. The minimum atomic E-state index is -0.572. The van der Waals surface area contributed by atoms with Gasteiger partial charge in [-0.3, -0.25) is 0 Å². The summed E-state index contributed by atoms with van der Waals surface area (Å²) >= 11 is 5.89. The quantitative estimate of drug-likeness (QED) is 0.640. The Labute approximate surface area is 123 Å².